The summed E-state index contributed by atoms with van der Waals surface area (Å²) in [5.41, 5.74) is 4.53. The van der Waals surface area contributed by atoms with Gasteiger partial charge in [-0.15, -0.1) is 0 Å². The lowest BCUT2D eigenvalue weighted by atomic mass is 10.0. The van der Waals surface area contributed by atoms with Crippen molar-refractivity contribution in [3.63, 3.8) is 0 Å². The molecule has 2 aromatic rings. The van der Waals surface area contributed by atoms with E-state index >= 15 is 0 Å². The Morgan fingerprint density at radius 1 is 1.27 bits per heavy atom. The quantitative estimate of drug-likeness (QED) is 0.830. The molecule has 0 spiro atoms. The van der Waals surface area contributed by atoms with E-state index in [0.29, 0.717) is 24.8 Å². The zero-order chi connectivity index (χ0) is 15.4. The highest BCUT2D eigenvalue weighted by Crippen LogP contribution is 2.29. The third kappa shape index (κ3) is 3.07. The molecule has 0 atom stereocenters. The smallest absolute Gasteiger partial charge is 0.180 e. The highest BCUT2D eigenvalue weighted by molar-refractivity contribution is 5.87. The van der Waals surface area contributed by atoms with Gasteiger partial charge in [-0.3, -0.25) is 4.99 Å². The highest BCUT2D eigenvalue weighted by Gasteiger charge is 2.12. The van der Waals surface area contributed by atoms with Crippen LogP contribution in [-0.4, -0.2) is 36.5 Å². The number of fused-ring (bicyclic) bond motifs is 1. The van der Waals surface area contributed by atoms with Gasteiger partial charge in [-0.1, -0.05) is 6.07 Å². The number of benzene rings is 1. The molecule has 0 saturated heterocycles. The summed E-state index contributed by atoms with van der Waals surface area (Å²) in [6.45, 7) is 3.79. The van der Waals surface area contributed by atoms with Crippen LogP contribution >= 0.6 is 0 Å². The summed E-state index contributed by atoms with van der Waals surface area (Å²) in [6, 6.07) is 4.24. The van der Waals surface area contributed by atoms with E-state index in [4.69, 9.17) is 9.47 Å². The van der Waals surface area contributed by atoms with Crippen LogP contribution in [0.5, 0.6) is 5.75 Å². The minimum Gasteiger partial charge on any atom is -0.486 e. The Morgan fingerprint density at radius 2 is 2.18 bits per heavy atom. The summed E-state index contributed by atoms with van der Waals surface area (Å²) in [5, 5.41) is 3.32. The van der Waals surface area contributed by atoms with Gasteiger partial charge in [0, 0.05) is 19.0 Å². The average Bonchev–Trinajstić information content (AvgIpc) is 2.96. The average molecular weight is 298 g/mol. The number of nitrogens with one attached hydrogen (secondary N) is 1. The molecule has 0 unspecified atom stereocenters. The minimum atomic E-state index is 0.453. The molecule has 6 nitrogen and oxygen atoms in total. The topological polar surface area (TPSA) is 68.6 Å². The summed E-state index contributed by atoms with van der Waals surface area (Å²) in [5.74, 6) is 1.25. The van der Waals surface area contributed by atoms with E-state index in [1.807, 2.05) is 6.21 Å². The first-order chi connectivity index (χ1) is 10.8. The van der Waals surface area contributed by atoms with Crippen LogP contribution < -0.4 is 10.1 Å². The second-order valence-electron chi connectivity index (χ2n) is 5.04. The van der Waals surface area contributed by atoms with Crippen LogP contribution in [0.3, 0.4) is 0 Å². The van der Waals surface area contributed by atoms with Crippen molar-refractivity contribution in [2.75, 3.05) is 25.6 Å². The monoisotopic (exact) mass is 298 g/mol. The number of aromatic nitrogens is 2. The van der Waals surface area contributed by atoms with Crippen molar-refractivity contribution >= 4 is 17.7 Å². The van der Waals surface area contributed by atoms with Crippen molar-refractivity contribution in [2.45, 2.75) is 13.5 Å². The lowest BCUT2D eigenvalue weighted by Crippen LogP contribution is -2.07. The maximum atomic E-state index is 5.64. The maximum absolute atomic E-state index is 5.64. The largest absolute Gasteiger partial charge is 0.486 e. The first-order valence-electron chi connectivity index (χ1n) is 7.10. The van der Waals surface area contributed by atoms with Crippen molar-refractivity contribution in [2.24, 2.45) is 4.99 Å². The summed E-state index contributed by atoms with van der Waals surface area (Å²) in [7, 11) is 1.64. The van der Waals surface area contributed by atoms with Crippen molar-refractivity contribution in [3.8, 4) is 5.75 Å². The predicted octanol–water partition coefficient (Wildman–Crippen LogP) is 2.49. The lowest BCUT2D eigenvalue weighted by molar-refractivity contribution is 0.146. The molecule has 0 bridgehead atoms. The van der Waals surface area contributed by atoms with E-state index in [2.05, 4.69) is 39.3 Å². The van der Waals surface area contributed by atoms with Crippen molar-refractivity contribution in [1.82, 2.24) is 9.97 Å². The Kier molecular flexibility index (Phi) is 4.29. The van der Waals surface area contributed by atoms with Crippen LogP contribution in [0.2, 0.25) is 0 Å². The molecule has 1 aromatic heterocycles. The molecule has 0 aliphatic carbocycles. The number of ether oxygens (including phenoxy) is 2. The van der Waals surface area contributed by atoms with Crippen molar-refractivity contribution in [3.05, 3.63) is 41.3 Å². The summed E-state index contributed by atoms with van der Waals surface area (Å²) in [4.78, 5) is 12.6. The normalized spacial score (nSPS) is 12.3. The Hall–Kier alpha value is -2.47. The molecular formula is C16H18N4O2. The molecule has 1 aliphatic rings. The van der Waals surface area contributed by atoms with Gasteiger partial charge in [0.15, 0.2) is 11.6 Å². The van der Waals surface area contributed by atoms with Gasteiger partial charge in [0.1, 0.15) is 12.9 Å². The zero-order valence-electron chi connectivity index (χ0n) is 12.7. The van der Waals surface area contributed by atoms with E-state index in [1.165, 1.54) is 11.9 Å². The second-order valence-corrected chi connectivity index (χ2v) is 5.04. The Balaban J connectivity index is 1.82. The molecule has 1 aliphatic heterocycles. The standard InChI is InChI=1S/C16H18N4O2/c1-11-5-12-7-17-8-13(12)6-14(11)20-16-15(9-18-10-19-16)22-4-3-21-2/h5-6,8-10H,3-4,7H2,1-2H3,(H,18,19,20). The van der Waals surface area contributed by atoms with Gasteiger partial charge in [0.2, 0.25) is 0 Å². The van der Waals surface area contributed by atoms with E-state index in [1.54, 1.807) is 13.3 Å². The third-order valence-corrected chi connectivity index (χ3v) is 3.45. The number of methoxy groups -OCH3 is 1. The number of anilines is 2. The number of nitrogens with zero attached hydrogens (tertiary/aromatic N) is 3. The van der Waals surface area contributed by atoms with Crippen LogP contribution in [-0.2, 0) is 11.3 Å². The molecule has 1 aromatic carbocycles. The van der Waals surface area contributed by atoms with Crippen LogP contribution in [0.15, 0.2) is 29.6 Å². The van der Waals surface area contributed by atoms with E-state index in [9.17, 15) is 0 Å². The molecule has 0 amide bonds. The molecule has 6 heteroatoms. The van der Waals surface area contributed by atoms with Gasteiger partial charge in [-0.25, -0.2) is 9.97 Å². The van der Waals surface area contributed by atoms with E-state index < -0.39 is 0 Å². The molecule has 0 saturated carbocycles. The molecule has 3 rings (SSSR count). The van der Waals surface area contributed by atoms with Gasteiger partial charge in [0.05, 0.1) is 19.3 Å². The number of aryl methyl sites for hydroxylation is 1. The first kappa shape index (κ1) is 14.5. The number of hydrogen-bond acceptors (Lipinski definition) is 6. The molecule has 22 heavy (non-hydrogen) atoms. The van der Waals surface area contributed by atoms with Crippen molar-refractivity contribution < 1.29 is 9.47 Å². The summed E-state index contributed by atoms with van der Waals surface area (Å²) in [6.07, 6.45) is 5.04. The Bertz CT molecular complexity index is 701. The third-order valence-electron chi connectivity index (χ3n) is 3.45. The minimum absolute atomic E-state index is 0.453. The highest BCUT2D eigenvalue weighted by atomic mass is 16.5. The van der Waals surface area contributed by atoms with Crippen molar-refractivity contribution in [1.29, 1.82) is 0 Å². The fourth-order valence-corrected chi connectivity index (χ4v) is 2.30. The van der Waals surface area contributed by atoms with Gasteiger partial charge in [-0.05, 0) is 29.7 Å². The van der Waals surface area contributed by atoms with E-state index in [-0.39, 0.29) is 0 Å². The first-order valence-corrected chi connectivity index (χ1v) is 7.10. The van der Waals surface area contributed by atoms with Crippen LogP contribution in [0.1, 0.15) is 16.7 Å². The van der Waals surface area contributed by atoms with Gasteiger partial charge in [0.25, 0.3) is 0 Å². The number of hydrogen-bond donors (Lipinski definition) is 1. The Labute approximate surface area is 129 Å². The zero-order valence-corrected chi connectivity index (χ0v) is 12.7. The van der Waals surface area contributed by atoms with Crippen LogP contribution in [0.25, 0.3) is 0 Å². The van der Waals surface area contributed by atoms with Crippen LogP contribution in [0.4, 0.5) is 11.5 Å². The summed E-state index contributed by atoms with van der Waals surface area (Å²) < 4.78 is 10.6. The summed E-state index contributed by atoms with van der Waals surface area (Å²) >= 11 is 0. The van der Waals surface area contributed by atoms with E-state index in [0.717, 1.165) is 23.4 Å². The molecule has 0 fully saturated rings. The fourth-order valence-electron chi connectivity index (χ4n) is 2.30. The fraction of sp³-hybridized carbons (Fsp3) is 0.312. The number of rotatable bonds is 6. The van der Waals surface area contributed by atoms with Gasteiger partial charge >= 0.3 is 0 Å². The van der Waals surface area contributed by atoms with Gasteiger partial charge < -0.3 is 14.8 Å². The predicted molar refractivity (Wildman–Crippen MR) is 85.2 cm³/mol. The molecular weight excluding hydrogens is 280 g/mol. The number of aliphatic imine (C=N–C) groups is 1. The Morgan fingerprint density at radius 3 is 3.05 bits per heavy atom. The molecule has 0 radical (unpaired) electrons. The van der Waals surface area contributed by atoms with Crippen LogP contribution in [0, 0.1) is 6.92 Å². The molecule has 1 N–H and O–H groups in total. The lowest BCUT2D eigenvalue weighted by Gasteiger charge is -2.14. The van der Waals surface area contributed by atoms with Gasteiger partial charge in [-0.2, -0.15) is 0 Å². The molecule has 2 heterocycles. The molecule has 114 valence electrons. The maximum Gasteiger partial charge on any atom is 0.180 e. The second kappa shape index (κ2) is 6.53. The SMILES string of the molecule is COCCOc1cncnc1Nc1cc2c(cc1C)CN=C2.